The Balaban J connectivity index is 1.80. The summed E-state index contributed by atoms with van der Waals surface area (Å²) in [5.74, 6) is -1.46. The summed E-state index contributed by atoms with van der Waals surface area (Å²) in [6, 6.07) is 4.29. The zero-order valence-corrected chi connectivity index (χ0v) is 15.4. The number of halogens is 3. The van der Waals surface area contributed by atoms with Gasteiger partial charge in [0.1, 0.15) is 9.88 Å². The van der Waals surface area contributed by atoms with Crippen molar-refractivity contribution in [2.24, 2.45) is 0 Å². The lowest BCUT2D eigenvalue weighted by Crippen LogP contribution is -2.36. The lowest BCUT2D eigenvalue weighted by molar-refractivity contribution is -0.137. The van der Waals surface area contributed by atoms with Crippen molar-refractivity contribution in [2.75, 3.05) is 0 Å². The van der Waals surface area contributed by atoms with Crippen LogP contribution in [0.5, 0.6) is 0 Å². The van der Waals surface area contributed by atoms with Gasteiger partial charge in [0, 0.05) is 0 Å². The van der Waals surface area contributed by atoms with Crippen LogP contribution in [0.15, 0.2) is 24.3 Å². The van der Waals surface area contributed by atoms with Crippen molar-refractivity contribution in [2.45, 2.75) is 44.3 Å². The third-order valence-corrected chi connectivity index (χ3v) is 5.98. The lowest BCUT2D eigenvalue weighted by atomic mass is 9.93. The van der Waals surface area contributed by atoms with Gasteiger partial charge in [-0.25, -0.2) is 9.78 Å². The first kappa shape index (κ1) is 19.3. The topological polar surface area (TPSA) is 79.3 Å². The normalized spacial score (nSPS) is 16.6. The largest absolute Gasteiger partial charge is 0.477 e. The van der Waals surface area contributed by atoms with Gasteiger partial charge in [-0.05, 0) is 38.3 Å². The van der Waals surface area contributed by atoms with Gasteiger partial charge < -0.3 is 10.4 Å². The first-order valence-electron chi connectivity index (χ1n) is 8.24. The molecule has 0 radical (unpaired) electrons. The van der Waals surface area contributed by atoms with E-state index in [1.54, 1.807) is 13.8 Å². The predicted molar refractivity (Wildman–Crippen MR) is 92.7 cm³/mol. The molecule has 1 unspecified atom stereocenters. The third-order valence-electron chi connectivity index (χ3n) is 4.65. The molecule has 1 atom stereocenters. The van der Waals surface area contributed by atoms with Crippen molar-refractivity contribution in [3.8, 4) is 0 Å². The number of benzene rings is 1. The van der Waals surface area contributed by atoms with Gasteiger partial charge >= 0.3 is 12.1 Å². The summed E-state index contributed by atoms with van der Waals surface area (Å²) in [7, 11) is 0. The maximum Gasteiger partial charge on any atom is 0.416 e. The number of aromatic nitrogens is 1. The summed E-state index contributed by atoms with van der Waals surface area (Å²) in [6.07, 6.45) is -3.55. The Labute approximate surface area is 157 Å². The molecule has 1 aromatic heterocycles. The Morgan fingerprint density at radius 2 is 2.00 bits per heavy atom. The number of amides is 1. The van der Waals surface area contributed by atoms with Crippen molar-refractivity contribution in [3.05, 3.63) is 51.0 Å². The summed E-state index contributed by atoms with van der Waals surface area (Å²) < 4.78 is 38.9. The van der Waals surface area contributed by atoms with Gasteiger partial charge in [0.05, 0.1) is 22.7 Å². The lowest BCUT2D eigenvalue weighted by Gasteiger charge is -2.20. The minimum absolute atomic E-state index is 0.102. The highest BCUT2D eigenvalue weighted by molar-refractivity contribution is 7.13. The average Bonchev–Trinajstić information content (AvgIpc) is 3.31. The number of aryl methyl sites for hydroxylation is 1. The molecule has 0 bridgehead atoms. The first-order valence-corrected chi connectivity index (χ1v) is 9.05. The SMILES string of the molecule is Cc1nc(C(C)NC(=O)C2(c3cccc(C(F)(F)F)c3)CC2)sc1C(=O)O. The van der Waals surface area contributed by atoms with Crippen LogP contribution in [0, 0.1) is 6.92 Å². The van der Waals surface area contributed by atoms with Crippen molar-refractivity contribution < 1.29 is 27.9 Å². The molecule has 9 heteroatoms. The predicted octanol–water partition coefficient (Wildman–Crippen LogP) is 4.08. The van der Waals surface area contributed by atoms with Gasteiger partial charge in [-0.15, -0.1) is 11.3 Å². The van der Waals surface area contributed by atoms with Crippen molar-refractivity contribution in [1.82, 2.24) is 10.3 Å². The highest BCUT2D eigenvalue weighted by Gasteiger charge is 2.52. The first-order chi connectivity index (χ1) is 12.5. The molecule has 3 rings (SSSR count). The highest BCUT2D eigenvalue weighted by Crippen LogP contribution is 2.49. The Morgan fingerprint density at radius 1 is 1.33 bits per heavy atom. The second-order valence-corrected chi connectivity index (χ2v) is 7.66. The van der Waals surface area contributed by atoms with Gasteiger partial charge in [0.25, 0.3) is 0 Å². The number of alkyl halides is 3. The maximum absolute atomic E-state index is 13.0. The molecule has 2 aromatic rings. The number of carbonyl (C=O) groups is 2. The quantitative estimate of drug-likeness (QED) is 0.796. The Bertz CT molecular complexity index is 903. The second-order valence-electron chi connectivity index (χ2n) is 6.63. The fourth-order valence-electron chi connectivity index (χ4n) is 2.96. The second kappa shape index (κ2) is 6.63. The summed E-state index contributed by atoms with van der Waals surface area (Å²) in [5.41, 5.74) is -1.06. The van der Waals surface area contributed by atoms with Crippen LogP contribution in [0.2, 0.25) is 0 Å². The van der Waals surface area contributed by atoms with E-state index in [-0.39, 0.29) is 10.8 Å². The molecule has 1 aromatic carbocycles. The minimum atomic E-state index is -4.47. The van der Waals surface area contributed by atoms with E-state index in [0.29, 0.717) is 29.1 Å². The van der Waals surface area contributed by atoms with Gasteiger partial charge in [-0.2, -0.15) is 13.2 Å². The minimum Gasteiger partial charge on any atom is -0.477 e. The zero-order valence-electron chi connectivity index (χ0n) is 14.6. The molecule has 1 amide bonds. The van der Waals surface area contributed by atoms with Gasteiger partial charge in [-0.1, -0.05) is 18.2 Å². The molecule has 144 valence electrons. The molecule has 1 saturated carbocycles. The van der Waals surface area contributed by atoms with Crippen molar-refractivity contribution in [3.63, 3.8) is 0 Å². The van der Waals surface area contributed by atoms with Gasteiger partial charge in [0.15, 0.2) is 0 Å². The van der Waals surface area contributed by atoms with E-state index >= 15 is 0 Å². The van der Waals surface area contributed by atoms with E-state index in [0.717, 1.165) is 23.5 Å². The molecule has 2 N–H and O–H groups in total. The number of carbonyl (C=O) groups excluding carboxylic acids is 1. The Kier molecular flexibility index (Phi) is 4.75. The van der Waals surface area contributed by atoms with Gasteiger partial charge in [0.2, 0.25) is 5.91 Å². The summed E-state index contributed by atoms with van der Waals surface area (Å²) in [4.78, 5) is 28.2. The van der Waals surface area contributed by atoms with Crippen LogP contribution in [0.1, 0.15) is 57.3 Å². The number of thiazole rings is 1. The van der Waals surface area contributed by atoms with Crippen LogP contribution in [0.25, 0.3) is 0 Å². The van der Waals surface area contributed by atoms with Crippen LogP contribution < -0.4 is 5.32 Å². The zero-order chi connectivity index (χ0) is 20.0. The molecule has 1 fully saturated rings. The molecular weight excluding hydrogens is 381 g/mol. The number of nitrogens with zero attached hydrogens (tertiary/aromatic N) is 1. The van der Waals surface area contributed by atoms with E-state index in [4.69, 9.17) is 5.11 Å². The number of nitrogens with one attached hydrogen (secondary N) is 1. The van der Waals surface area contributed by atoms with Crippen molar-refractivity contribution in [1.29, 1.82) is 0 Å². The molecule has 27 heavy (non-hydrogen) atoms. The number of carboxylic acids is 1. The van der Waals surface area contributed by atoms with E-state index in [1.165, 1.54) is 12.1 Å². The molecule has 1 aliphatic carbocycles. The number of hydrogen-bond donors (Lipinski definition) is 2. The summed E-state index contributed by atoms with van der Waals surface area (Å²) in [5, 5.41) is 12.3. The fraction of sp³-hybridized carbons (Fsp3) is 0.389. The smallest absolute Gasteiger partial charge is 0.416 e. The average molecular weight is 398 g/mol. The van der Waals surface area contributed by atoms with E-state index in [1.807, 2.05) is 0 Å². The molecular formula is C18H17F3N2O3S. The third kappa shape index (κ3) is 3.69. The Morgan fingerprint density at radius 3 is 2.52 bits per heavy atom. The monoisotopic (exact) mass is 398 g/mol. The molecule has 5 nitrogen and oxygen atoms in total. The molecule has 1 heterocycles. The van der Waals surface area contributed by atoms with Crippen LogP contribution in [0.3, 0.4) is 0 Å². The molecule has 1 aliphatic rings. The van der Waals surface area contributed by atoms with Crippen LogP contribution >= 0.6 is 11.3 Å². The Hall–Kier alpha value is -2.42. The van der Waals surface area contributed by atoms with Gasteiger partial charge in [-0.3, -0.25) is 4.79 Å². The highest BCUT2D eigenvalue weighted by atomic mass is 32.1. The fourth-order valence-corrected chi connectivity index (χ4v) is 3.87. The standard InChI is InChI=1S/C18H17F3N2O3S/c1-9-13(15(24)25)27-14(22-9)10(2)23-16(26)17(6-7-17)11-4-3-5-12(8-11)18(19,20)21/h3-5,8,10H,6-7H2,1-2H3,(H,23,26)(H,24,25). The van der Waals surface area contributed by atoms with Crippen molar-refractivity contribution >= 4 is 23.2 Å². The number of carboxylic acid groups (broad SMARTS) is 1. The van der Waals surface area contributed by atoms with Crippen LogP contribution in [-0.2, 0) is 16.4 Å². The van der Waals surface area contributed by atoms with Crippen LogP contribution in [0.4, 0.5) is 13.2 Å². The molecule has 0 saturated heterocycles. The van der Waals surface area contributed by atoms with E-state index < -0.39 is 29.2 Å². The summed E-state index contributed by atoms with van der Waals surface area (Å²) in [6.45, 7) is 3.24. The number of rotatable bonds is 5. The van der Waals surface area contributed by atoms with E-state index in [9.17, 15) is 22.8 Å². The number of hydrogen-bond acceptors (Lipinski definition) is 4. The summed E-state index contributed by atoms with van der Waals surface area (Å²) >= 11 is 0.976. The van der Waals surface area contributed by atoms with Crippen LogP contribution in [-0.4, -0.2) is 22.0 Å². The van der Waals surface area contributed by atoms with E-state index in [2.05, 4.69) is 10.3 Å². The molecule has 0 spiro atoms. The maximum atomic E-state index is 13.0. The molecule has 0 aliphatic heterocycles. The number of aromatic carboxylic acids is 1.